The third-order valence-electron chi connectivity index (χ3n) is 3.54. The molecule has 1 aromatic carbocycles. The lowest BCUT2D eigenvalue weighted by Crippen LogP contribution is -2.18. The molecule has 0 saturated carbocycles. The number of aliphatic carboxylic acids is 1. The molecule has 5 heteroatoms. The molecule has 1 unspecified atom stereocenters. The monoisotopic (exact) mass is 408 g/mol. The predicted molar refractivity (Wildman–Crippen MR) is 85.9 cm³/mol. The second kappa shape index (κ2) is 7.55. The number of benzene rings is 1. The number of alkyl halides is 1. The van der Waals surface area contributed by atoms with E-state index in [1.165, 1.54) is 0 Å². The fourth-order valence-corrected chi connectivity index (χ4v) is 3.57. The Bertz CT molecular complexity index is 475. The summed E-state index contributed by atoms with van der Waals surface area (Å²) in [5.41, 5.74) is 0.293. The Balaban J connectivity index is 2.91. The molecule has 1 atom stereocenters. The van der Waals surface area contributed by atoms with Gasteiger partial charge >= 0.3 is 5.97 Å². The third kappa shape index (κ3) is 4.85. The van der Waals surface area contributed by atoms with Crippen molar-refractivity contribution < 1.29 is 14.3 Å². The maximum absolute atomic E-state index is 14.1. The number of halogens is 3. The smallest absolute Gasteiger partial charge is 0.311 e. The van der Waals surface area contributed by atoms with E-state index in [0.717, 1.165) is 18.2 Å². The Morgan fingerprint density at radius 2 is 2.05 bits per heavy atom. The summed E-state index contributed by atoms with van der Waals surface area (Å²) in [6.45, 7) is 4.20. The van der Waals surface area contributed by atoms with Crippen molar-refractivity contribution >= 4 is 37.8 Å². The van der Waals surface area contributed by atoms with E-state index in [2.05, 4.69) is 45.7 Å². The number of carboxylic acid groups (broad SMARTS) is 1. The van der Waals surface area contributed by atoms with E-state index in [9.17, 15) is 14.3 Å². The fourth-order valence-electron chi connectivity index (χ4n) is 2.12. The van der Waals surface area contributed by atoms with Crippen molar-refractivity contribution in [1.82, 2.24) is 0 Å². The van der Waals surface area contributed by atoms with Crippen LogP contribution in [0.5, 0.6) is 0 Å². The van der Waals surface area contributed by atoms with Crippen LogP contribution in [0.15, 0.2) is 22.7 Å². The molecular formula is C15H19Br2FO2. The lowest BCUT2D eigenvalue weighted by molar-refractivity contribution is -0.139. The van der Waals surface area contributed by atoms with Crippen LogP contribution in [0.1, 0.15) is 44.6 Å². The van der Waals surface area contributed by atoms with Gasteiger partial charge in [-0.3, -0.25) is 4.79 Å². The highest BCUT2D eigenvalue weighted by molar-refractivity contribution is 9.10. The summed E-state index contributed by atoms with van der Waals surface area (Å²) in [4.78, 5) is 11.4. The number of carbonyl (C=O) groups is 1. The molecule has 0 aliphatic carbocycles. The average Bonchev–Trinajstić information content (AvgIpc) is 2.34. The molecule has 1 N–H and O–H groups in total. The second-order valence-electron chi connectivity index (χ2n) is 5.68. The summed E-state index contributed by atoms with van der Waals surface area (Å²) in [6.07, 6.45) is 2.13. The lowest BCUT2D eigenvalue weighted by atomic mass is 9.81. The first-order valence-electron chi connectivity index (χ1n) is 6.51. The topological polar surface area (TPSA) is 37.3 Å². The first-order valence-corrected chi connectivity index (χ1v) is 8.42. The van der Waals surface area contributed by atoms with Gasteiger partial charge in [-0.15, -0.1) is 0 Å². The quantitative estimate of drug-likeness (QED) is 0.616. The van der Waals surface area contributed by atoms with Crippen molar-refractivity contribution in [2.24, 2.45) is 5.41 Å². The number of carboxylic acids is 1. The minimum atomic E-state index is -0.975. The highest BCUT2D eigenvalue weighted by atomic mass is 79.9. The molecule has 0 radical (unpaired) electrons. The SMILES string of the molecule is CC(C)(CCBr)CCC(C(=O)O)c1cccc(Br)c1F. The van der Waals surface area contributed by atoms with Crippen molar-refractivity contribution in [1.29, 1.82) is 0 Å². The van der Waals surface area contributed by atoms with Crippen LogP contribution in [-0.2, 0) is 4.79 Å². The van der Waals surface area contributed by atoms with Crippen LogP contribution in [-0.4, -0.2) is 16.4 Å². The summed E-state index contributed by atoms with van der Waals surface area (Å²) in [5, 5.41) is 10.3. The maximum atomic E-state index is 14.1. The van der Waals surface area contributed by atoms with Gasteiger partial charge in [0.2, 0.25) is 0 Å². The summed E-state index contributed by atoms with van der Waals surface area (Å²) in [7, 11) is 0. The molecule has 1 aromatic rings. The van der Waals surface area contributed by atoms with Gasteiger partial charge in [-0.1, -0.05) is 41.9 Å². The largest absolute Gasteiger partial charge is 0.481 e. The molecule has 1 rings (SSSR count). The first-order chi connectivity index (χ1) is 9.28. The molecule has 0 aliphatic heterocycles. The molecule has 2 nitrogen and oxygen atoms in total. The van der Waals surface area contributed by atoms with Gasteiger partial charge in [-0.2, -0.15) is 0 Å². The minimum absolute atomic E-state index is 0.0414. The number of hydrogen-bond acceptors (Lipinski definition) is 1. The summed E-state index contributed by atoms with van der Waals surface area (Å²) in [5.74, 6) is -2.25. The molecule has 20 heavy (non-hydrogen) atoms. The van der Waals surface area contributed by atoms with Gasteiger partial charge in [0.05, 0.1) is 10.4 Å². The Hall–Kier alpha value is -0.420. The van der Waals surface area contributed by atoms with Crippen LogP contribution < -0.4 is 0 Å². The lowest BCUT2D eigenvalue weighted by Gasteiger charge is -2.25. The van der Waals surface area contributed by atoms with Crippen LogP contribution in [0.4, 0.5) is 4.39 Å². The van der Waals surface area contributed by atoms with Crippen LogP contribution in [0, 0.1) is 11.2 Å². The Morgan fingerprint density at radius 1 is 1.40 bits per heavy atom. The first kappa shape index (κ1) is 17.6. The Kier molecular flexibility index (Phi) is 6.65. The molecule has 0 bridgehead atoms. The van der Waals surface area contributed by atoms with Crippen LogP contribution in [0.3, 0.4) is 0 Å². The van der Waals surface area contributed by atoms with Crippen molar-refractivity contribution in [3.05, 3.63) is 34.1 Å². The van der Waals surface area contributed by atoms with E-state index in [0.29, 0.717) is 10.9 Å². The second-order valence-corrected chi connectivity index (χ2v) is 7.32. The molecule has 112 valence electrons. The van der Waals surface area contributed by atoms with Crippen molar-refractivity contribution in [2.45, 2.75) is 39.0 Å². The summed E-state index contributed by atoms with van der Waals surface area (Å²) >= 11 is 6.51. The normalized spacial score (nSPS) is 13.2. The third-order valence-corrected chi connectivity index (χ3v) is 4.54. The zero-order valence-corrected chi connectivity index (χ0v) is 14.8. The van der Waals surface area contributed by atoms with Crippen molar-refractivity contribution in [3.63, 3.8) is 0 Å². The van der Waals surface area contributed by atoms with E-state index in [4.69, 9.17) is 0 Å². The van der Waals surface area contributed by atoms with E-state index in [1.807, 2.05) is 0 Å². The van der Waals surface area contributed by atoms with E-state index in [1.54, 1.807) is 18.2 Å². The van der Waals surface area contributed by atoms with Gasteiger partial charge in [-0.25, -0.2) is 4.39 Å². The molecule has 0 aliphatic rings. The highest BCUT2D eigenvalue weighted by Crippen LogP contribution is 2.34. The van der Waals surface area contributed by atoms with Crippen LogP contribution >= 0.6 is 31.9 Å². The van der Waals surface area contributed by atoms with Gasteiger partial charge in [0.25, 0.3) is 0 Å². The zero-order valence-electron chi connectivity index (χ0n) is 11.6. The Labute approximate surface area is 136 Å². The Morgan fingerprint density at radius 3 is 2.60 bits per heavy atom. The number of rotatable bonds is 7. The molecular weight excluding hydrogens is 391 g/mol. The van der Waals surface area contributed by atoms with Gasteiger partial charge in [-0.05, 0) is 46.7 Å². The summed E-state index contributed by atoms with van der Waals surface area (Å²) < 4.78 is 14.4. The van der Waals surface area contributed by atoms with Gasteiger partial charge in [0.15, 0.2) is 0 Å². The molecule has 0 heterocycles. The molecule has 0 spiro atoms. The van der Waals surface area contributed by atoms with Gasteiger partial charge in [0.1, 0.15) is 5.82 Å². The molecule has 0 fully saturated rings. The molecule has 0 aromatic heterocycles. The number of hydrogen-bond donors (Lipinski definition) is 1. The van der Waals surface area contributed by atoms with E-state index >= 15 is 0 Å². The predicted octanol–water partition coefficient (Wildman–Crippen LogP) is 5.35. The average molecular weight is 410 g/mol. The van der Waals surface area contributed by atoms with E-state index < -0.39 is 17.7 Å². The fraction of sp³-hybridized carbons (Fsp3) is 0.533. The standard InChI is InChI=1S/C15H19Br2FO2/c1-15(2,8-9-16)7-6-11(14(19)20)10-4-3-5-12(17)13(10)18/h3-5,11H,6-9H2,1-2H3,(H,19,20). The van der Waals surface area contributed by atoms with Gasteiger partial charge < -0.3 is 5.11 Å². The highest BCUT2D eigenvalue weighted by Gasteiger charge is 2.27. The van der Waals surface area contributed by atoms with Crippen molar-refractivity contribution in [2.75, 3.05) is 5.33 Å². The maximum Gasteiger partial charge on any atom is 0.311 e. The van der Waals surface area contributed by atoms with E-state index in [-0.39, 0.29) is 11.0 Å². The molecule has 0 amide bonds. The minimum Gasteiger partial charge on any atom is -0.481 e. The summed E-state index contributed by atoms with van der Waals surface area (Å²) in [6, 6.07) is 4.80. The van der Waals surface area contributed by atoms with Crippen molar-refractivity contribution in [3.8, 4) is 0 Å². The van der Waals surface area contributed by atoms with Gasteiger partial charge in [0, 0.05) is 10.9 Å². The van der Waals surface area contributed by atoms with Crippen LogP contribution in [0.25, 0.3) is 0 Å². The molecule has 0 saturated heterocycles. The zero-order chi connectivity index (χ0) is 15.3. The van der Waals surface area contributed by atoms with Crippen LogP contribution in [0.2, 0.25) is 0 Å².